The number of hydrogen-bond acceptors (Lipinski definition) is 7. The summed E-state index contributed by atoms with van der Waals surface area (Å²) in [6.07, 6.45) is 3.98. The van der Waals surface area contributed by atoms with E-state index in [0.29, 0.717) is 35.6 Å². The highest BCUT2D eigenvalue weighted by atomic mass is 32.2. The van der Waals surface area contributed by atoms with E-state index in [1.54, 1.807) is 18.2 Å². The molecule has 0 bridgehead atoms. The van der Waals surface area contributed by atoms with Crippen LogP contribution in [0.25, 0.3) is 6.08 Å². The first-order valence-electron chi connectivity index (χ1n) is 9.25. The van der Waals surface area contributed by atoms with Crippen molar-refractivity contribution in [3.63, 3.8) is 0 Å². The predicted molar refractivity (Wildman–Crippen MR) is 116 cm³/mol. The van der Waals surface area contributed by atoms with Crippen LogP contribution in [0.3, 0.4) is 0 Å². The van der Waals surface area contributed by atoms with Gasteiger partial charge in [-0.1, -0.05) is 41.3 Å². The zero-order chi connectivity index (χ0) is 20.8. The normalized spacial score (nSPS) is 13.2. The summed E-state index contributed by atoms with van der Waals surface area (Å²) in [6.45, 7) is 1.25. The van der Waals surface area contributed by atoms with Crippen LogP contribution in [0.4, 0.5) is 9.52 Å². The maximum atomic E-state index is 13.0. The molecule has 0 atom stereocenters. The molecule has 3 aromatic rings. The lowest BCUT2D eigenvalue weighted by Crippen LogP contribution is -2.07. The molecule has 1 aliphatic heterocycles. The average Bonchev–Trinajstić information content (AvgIpc) is 3.06. The number of thioether (sulfide) groups is 1. The summed E-state index contributed by atoms with van der Waals surface area (Å²) < 4.78 is 24.9. The van der Waals surface area contributed by atoms with Crippen LogP contribution in [0.1, 0.15) is 17.5 Å². The molecule has 4 rings (SSSR count). The second-order valence-electron chi connectivity index (χ2n) is 6.37. The Morgan fingerprint density at radius 1 is 1.13 bits per heavy atom. The molecule has 0 fully saturated rings. The molecule has 154 valence electrons. The largest absolute Gasteiger partial charge is 0.490 e. The van der Waals surface area contributed by atoms with E-state index < -0.39 is 0 Å². The molecule has 2 aromatic carbocycles. The van der Waals surface area contributed by atoms with E-state index in [9.17, 15) is 9.18 Å². The van der Waals surface area contributed by atoms with Crippen LogP contribution in [-0.4, -0.2) is 29.3 Å². The van der Waals surface area contributed by atoms with E-state index in [1.807, 2.05) is 18.2 Å². The average molecular weight is 444 g/mol. The number of rotatable bonds is 6. The molecule has 1 aliphatic rings. The van der Waals surface area contributed by atoms with Gasteiger partial charge >= 0.3 is 0 Å². The fourth-order valence-corrected chi connectivity index (χ4v) is 4.36. The minimum absolute atomic E-state index is 0.260. The highest BCUT2D eigenvalue weighted by Gasteiger charge is 2.10. The molecule has 0 spiro atoms. The molecule has 1 N–H and O–H groups in total. The van der Waals surface area contributed by atoms with Gasteiger partial charge in [0.05, 0.1) is 13.2 Å². The molecule has 0 aliphatic carbocycles. The van der Waals surface area contributed by atoms with Crippen molar-refractivity contribution in [1.82, 2.24) is 10.2 Å². The van der Waals surface area contributed by atoms with Crippen molar-refractivity contribution in [3.8, 4) is 11.5 Å². The summed E-state index contributed by atoms with van der Waals surface area (Å²) in [7, 11) is 0. The minimum atomic E-state index is -0.298. The topological polar surface area (TPSA) is 73.3 Å². The lowest BCUT2D eigenvalue weighted by molar-refractivity contribution is -0.111. The first kappa shape index (κ1) is 20.4. The number of benzene rings is 2. The van der Waals surface area contributed by atoms with Gasteiger partial charge < -0.3 is 9.47 Å². The summed E-state index contributed by atoms with van der Waals surface area (Å²) in [6, 6.07) is 11.9. The number of aromatic nitrogens is 2. The van der Waals surface area contributed by atoms with Crippen molar-refractivity contribution in [2.45, 2.75) is 16.5 Å². The first-order chi connectivity index (χ1) is 14.7. The summed E-state index contributed by atoms with van der Waals surface area (Å²) >= 11 is 2.77. The number of ether oxygens (including phenoxy) is 2. The second kappa shape index (κ2) is 9.73. The first-order valence-corrected chi connectivity index (χ1v) is 11.1. The van der Waals surface area contributed by atoms with E-state index in [-0.39, 0.29) is 11.7 Å². The smallest absolute Gasteiger partial charge is 0.250 e. The maximum Gasteiger partial charge on any atom is 0.250 e. The molecule has 6 nitrogen and oxygen atoms in total. The Morgan fingerprint density at radius 2 is 1.93 bits per heavy atom. The van der Waals surface area contributed by atoms with Crippen LogP contribution in [0.2, 0.25) is 0 Å². The summed E-state index contributed by atoms with van der Waals surface area (Å²) in [5.74, 6) is 1.49. The number of carbonyl (C=O) groups excluding carboxylic acids is 1. The molecule has 1 aromatic heterocycles. The van der Waals surface area contributed by atoms with Crippen LogP contribution in [0.15, 0.2) is 52.9 Å². The van der Waals surface area contributed by atoms with Gasteiger partial charge in [0, 0.05) is 18.2 Å². The van der Waals surface area contributed by atoms with Crippen LogP contribution < -0.4 is 14.8 Å². The number of nitrogens with one attached hydrogen (secondary N) is 1. The van der Waals surface area contributed by atoms with Crippen molar-refractivity contribution in [2.75, 3.05) is 18.5 Å². The zero-order valence-corrected chi connectivity index (χ0v) is 17.5. The number of amides is 1. The Kier molecular flexibility index (Phi) is 6.60. The lowest BCUT2D eigenvalue weighted by atomic mass is 10.2. The number of carbonyl (C=O) groups is 1. The molecular formula is C21H18FN3O3S2. The van der Waals surface area contributed by atoms with E-state index >= 15 is 0 Å². The van der Waals surface area contributed by atoms with Gasteiger partial charge in [0.2, 0.25) is 11.0 Å². The van der Waals surface area contributed by atoms with Crippen molar-refractivity contribution < 1.29 is 18.7 Å². The molecular weight excluding hydrogens is 425 g/mol. The van der Waals surface area contributed by atoms with Crippen molar-refractivity contribution >= 4 is 40.2 Å². The Balaban J connectivity index is 1.31. The molecule has 0 saturated heterocycles. The van der Waals surface area contributed by atoms with Crippen LogP contribution in [0, 0.1) is 5.82 Å². The molecule has 30 heavy (non-hydrogen) atoms. The number of hydrogen-bond donors (Lipinski definition) is 1. The molecule has 2 heterocycles. The Bertz CT molecular complexity index is 1050. The third-order valence-electron chi connectivity index (χ3n) is 4.11. The number of halogens is 1. The van der Waals surface area contributed by atoms with Crippen LogP contribution in [0.5, 0.6) is 11.5 Å². The van der Waals surface area contributed by atoms with Gasteiger partial charge in [-0.25, -0.2) is 4.39 Å². The number of nitrogens with zero attached hydrogens (tertiary/aromatic N) is 2. The second-order valence-corrected chi connectivity index (χ2v) is 8.57. The summed E-state index contributed by atoms with van der Waals surface area (Å²) in [4.78, 5) is 12.2. The quantitative estimate of drug-likeness (QED) is 0.336. The molecule has 9 heteroatoms. The van der Waals surface area contributed by atoms with E-state index in [0.717, 1.165) is 21.9 Å². The SMILES string of the molecule is O=C(/C=C/c1ccc2c(c1)OCCCO2)Nc1nnc(SCc2ccc(F)cc2)s1. The summed E-state index contributed by atoms with van der Waals surface area (Å²) in [5, 5.41) is 11.2. The van der Waals surface area contributed by atoms with Gasteiger partial charge in [-0.2, -0.15) is 0 Å². The fraction of sp³-hybridized carbons (Fsp3) is 0.190. The van der Waals surface area contributed by atoms with E-state index in [2.05, 4.69) is 15.5 Å². The summed E-state index contributed by atoms with van der Waals surface area (Å²) in [5.41, 5.74) is 1.82. The lowest BCUT2D eigenvalue weighted by Gasteiger charge is -2.07. The van der Waals surface area contributed by atoms with E-state index in [4.69, 9.17) is 9.47 Å². The van der Waals surface area contributed by atoms with Gasteiger partial charge in [0.15, 0.2) is 15.8 Å². The van der Waals surface area contributed by atoms with Crippen molar-refractivity contribution in [1.29, 1.82) is 0 Å². The van der Waals surface area contributed by atoms with Crippen molar-refractivity contribution in [3.05, 3.63) is 65.5 Å². The monoisotopic (exact) mass is 443 g/mol. The molecule has 0 radical (unpaired) electrons. The fourth-order valence-electron chi connectivity index (χ4n) is 2.65. The van der Waals surface area contributed by atoms with Gasteiger partial charge in [-0.3, -0.25) is 10.1 Å². The Labute approximate surface area is 181 Å². The Hall–Kier alpha value is -2.91. The molecule has 0 unspecified atom stereocenters. The van der Waals surface area contributed by atoms with Gasteiger partial charge in [0.1, 0.15) is 5.82 Å². The Morgan fingerprint density at radius 3 is 2.77 bits per heavy atom. The number of anilines is 1. The molecule has 0 saturated carbocycles. The van der Waals surface area contributed by atoms with Gasteiger partial charge in [0.25, 0.3) is 0 Å². The van der Waals surface area contributed by atoms with Gasteiger partial charge in [-0.05, 0) is 41.5 Å². The molecule has 1 amide bonds. The number of fused-ring (bicyclic) bond motifs is 1. The highest BCUT2D eigenvalue weighted by Crippen LogP contribution is 2.31. The zero-order valence-electron chi connectivity index (χ0n) is 15.8. The van der Waals surface area contributed by atoms with Crippen LogP contribution >= 0.6 is 23.1 Å². The standard InChI is InChI=1S/C21H18FN3O3S2/c22-16-6-2-15(3-7-16)13-29-21-25-24-20(30-21)23-19(26)9-5-14-4-8-17-18(12-14)28-11-1-10-27-17/h2-9,12H,1,10-11,13H2,(H,23,24,26)/b9-5+. The third-order valence-corrected chi connectivity index (χ3v) is 6.15. The minimum Gasteiger partial charge on any atom is -0.490 e. The van der Waals surface area contributed by atoms with Crippen molar-refractivity contribution in [2.24, 2.45) is 0 Å². The van der Waals surface area contributed by atoms with E-state index in [1.165, 1.54) is 41.3 Å². The van der Waals surface area contributed by atoms with Crippen LogP contribution in [-0.2, 0) is 10.5 Å². The van der Waals surface area contributed by atoms with Gasteiger partial charge in [-0.15, -0.1) is 10.2 Å². The maximum absolute atomic E-state index is 13.0. The predicted octanol–water partition coefficient (Wildman–Crippen LogP) is 4.78. The highest BCUT2D eigenvalue weighted by molar-refractivity contribution is 8.00. The third kappa shape index (κ3) is 5.58.